The predicted octanol–water partition coefficient (Wildman–Crippen LogP) is 10.00. The SMILES string of the molecule is c1ccc(-c2ccc(-c3ccc(-c4ccc5c(c4)N=C4c6ccccc6-c6ccccc6C45)cc3)s2)cc1. The largest absolute Gasteiger partial charge is 0.251 e. The first-order chi connectivity index (χ1) is 18.8. The van der Waals surface area contributed by atoms with Gasteiger partial charge in [-0.2, -0.15) is 0 Å². The Kier molecular flexibility index (Phi) is 4.83. The second-order valence-electron chi connectivity index (χ2n) is 9.94. The summed E-state index contributed by atoms with van der Waals surface area (Å²) in [5.41, 5.74) is 13.7. The summed E-state index contributed by atoms with van der Waals surface area (Å²) in [5.74, 6) is 0.199. The second-order valence-corrected chi connectivity index (χ2v) is 11.0. The van der Waals surface area contributed by atoms with Gasteiger partial charge in [0.2, 0.25) is 0 Å². The molecule has 2 heteroatoms. The van der Waals surface area contributed by atoms with Crippen LogP contribution >= 0.6 is 11.3 Å². The Labute approximate surface area is 226 Å². The van der Waals surface area contributed by atoms with Crippen LogP contribution < -0.4 is 0 Å². The molecule has 0 N–H and O–H groups in total. The van der Waals surface area contributed by atoms with Gasteiger partial charge in [-0.3, -0.25) is 4.99 Å². The lowest BCUT2D eigenvalue weighted by atomic mass is 9.75. The van der Waals surface area contributed by atoms with Gasteiger partial charge >= 0.3 is 0 Å². The summed E-state index contributed by atoms with van der Waals surface area (Å²) in [6.45, 7) is 0. The Bertz CT molecular complexity index is 1860. The number of thiophene rings is 1. The summed E-state index contributed by atoms with van der Waals surface area (Å²) in [7, 11) is 0. The number of hydrogen-bond donors (Lipinski definition) is 0. The molecule has 1 aromatic heterocycles. The molecule has 0 bridgehead atoms. The van der Waals surface area contributed by atoms with Crippen LogP contribution in [0.3, 0.4) is 0 Å². The molecule has 1 nitrogen and oxygen atoms in total. The van der Waals surface area contributed by atoms with Crippen molar-refractivity contribution in [1.29, 1.82) is 0 Å². The lowest BCUT2D eigenvalue weighted by Crippen LogP contribution is -2.18. The van der Waals surface area contributed by atoms with E-state index in [-0.39, 0.29) is 5.92 Å². The number of hydrogen-bond acceptors (Lipinski definition) is 2. The molecule has 1 unspecified atom stereocenters. The Morgan fingerprint density at radius 2 is 1.05 bits per heavy atom. The Morgan fingerprint density at radius 3 is 1.84 bits per heavy atom. The second kappa shape index (κ2) is 8.51. The van der Waals surface area contributed by atoms with E-state index < -0.39 is 0 Å². The fourth-order valence-electron chi connectivity index (χ4n) is 5.95. The average molecular weight is 502 g/mol. The van der Waals surface area contributed by atoms with Crippen molar-refractivity contribution in [3.05, 3.63) is 150 Å². The van der Waals surface area contributed by atoms with Crippen LogP contribution in [0, 0.1) is 0 Å². The lowest BCUT2D eigenvalue weighted by Gasteiger charge is -2.26. The molecule has 0 radical (unpaired) electrons. The van der Waals surface area contributed by atoms with Gasteiger partial charge in [-0.05, 0) is 62.7 Å². The highest BCUT2D eigenvalue weighted by molar-refractivity contribution is 7.18. The van der Waals surface area contributed by atoms with E-state index in [0.717, 1.165) is 5.69 Å². The van der Waals surface area contributed by atoms with Gasteiger partial charge in [0.05, 0.1) is 17.3 Å². The first-order valence-corrected chi connectivity index (χ1v) is 13.8. The van der Waals surface area contributed by atoms with Crippen molar-refractivity contribution in [2.45, 2.75) is 5.92 Å². The van der Waals surface area contributed by atoms with Gasteiger partial charge in [0.1, 0.15) is 0 Å². The fraction of sp³-hybridized carbons (Fsp3) is 0.0278. The fourth-order valence-corrected chi connectivity index (χ4v) is 6.97. The van der Waals surface area contributed by atoms with Crippen LogP contribution in [0.4, 0.5) is 5.69 Å². The first kappa shape index (κ1) is 21.5. The van der Waals surface area contributed by atoms with E-state index in [2.05, 4.69) is 133 Å². The van der Waals surface area contributed by atoms with Crippen molar-refractivity contribution in [3.8, 4) is 43.1 Å². The van der Waals surface area contributed by atoms with E-state index in [4.69, 9.17) is 4.99 Å². The molecule has 2 aliphatic rings. The highest BCUT2D eigenvalue weighted by Gasteiger charge is 2.36. The molecule has 0 saturated heterocycles. The van der Waals surface area contributed by atoms with Crippen LogP contribution in [-0.2, 0) is 0 Å². The van der Waals surface area contributed by atoms with Gasteiger partial charge in [-0.15, -0.1) is 11.3 Å². The van der Waals surface area contributed by atoms with E-state index >= 15 is 0 Å². The van der Waals surface area contributed by atoms with E-state index in [0.29, 0.717) is 0 Å². The molecule has 8 rings (SSSR count). The maximum Gasteiger partial charge on any atom is 0.0682 e. The van der Waals surface area contributed by atoms with Gasteiger partial charge < -0.3 is 0 Å². The number of rotatable bonds is 3. The Morgan fingerprint density at radius 1 is 0.447 bits per heavy atom. The van der Waals surface area contributed by atoms with Crippen LogP contribution in [-0.4, -0.2) is 5.71 Å². The van der Waals surface area contributed by atoms with Gasteiger partial charge in [-0.25, -0.2) is 0 Å². The van der Waals surface area contributed by atoms with Gasteiger partial charge in [0.15, 0.2) is 0 Å². The lowest BCUT2D eigenvalue weighted by molar-refractivity contribution is 1.10. The molecule has 1 aliphatic carbocycles. The molecule has 178 valence electrons. The Balaban J connectivity index is 1.14. The molecule has 38 heavy (non-hydrogen) atoms. The Hall–Kier alpha value is -4.53. The number of aliphatic imine (C=N–C) groups is 1. The quantitative estimate of drug-likeness (QED) is 0.229. The molecule has 2 heterocycles. The normalized spacial score (nSPS) is 14.7. The molecule has 6 aromatic rings. The molecule has 0 amide bonds. The summed E-state index contributed by atoms with van der Waals surface area (Å²) < 4.78 is 0. The van der Waals surface area contributed by atoms with Crippen molar-refractivity contribution < 1.29 is 0 Å². The van der Waals surface area contributed by atoms with Crippen molar-refractivity contribution in [1.82, 2.24) is 0 Å². The molecule has 0 spiro atoms. The summed E-state index contributed by atoms with van der Waals surface area (Å²) in [6, 6.07) is 48.3. The maximum absolute atomic E-state index is 5.22. The van der Waals surface area contributed by atoms with E-state index in [1.54, 1.807) is 0 Å². The third-order valence-corrected chi connectivity index (χ3v) is 8.97. The standard InChI is InChI=1S/C36H23NS/c1-2-8-24(9-3-1)33-20-21-34(38-33)25-16-14-23(15-17-25)26-18-19-31-32(22-26)37-36-30-13-7-5-11-28(30)27-10-4-6-12-29(27)35(31)36/h1-22,35H. The van der Waals surface area contributed by atoms with Crippen LogP contribution in [0.1, 0.15) is 22.6 Å². The van der Waals surface area contributed by atoms with Crippen molar-refractivity contribution >= 4 is 22.7 Å². The van der Waals surface area contributed by atoms with Crippen LogP contribution in [0.25, 0.3) is 43.1 Å². The molecule has 1 atom stereocenters. The number of fused-ring (bicyclic) bond motifs is 8. The summed E-state index contributed by atoms with van der Waals surface area (Å²) in [5, 5.41) is 0. The topological polar surface area (TPSA) is 12.4 Å². The van der Waals surface area contributed by atoms with Crippen molar-refractivity contribution in [3.63, 3.8) is 0 Å². The van der Waals surface area contributed by atoms with Crippen LogP contribution in [0.2, 0.25) is 0 Å². The van der Waals surface area contributed by atoms with Crippen molar-refractivity contribution in [2.75, 3.05) is 0 Å². The maximum atomic E-state index is 5.22. The average Bonchev–Trinajstić information content (AvgIpc) is 3.64. The highest BCUT2D eigenvalue weighted by Crippen LogP contribution is 2.50. The first-order valence-electron chi connectivity index (χ1n) is 13.0. The van der Waals surface area contributed by atoms with E-state index in [1.807, 2.05) is 11.3 Å². The zero-order valence-electron chi connectivity index (χ0n) is 20.6. The minimum absolute atomic E-state index is 0.199. The van der Waals surface area contributed by atoms with E-state index in [9.17, 15) is 0 Å². The molecular formula is C36H23NS. The van der Waals surface area contributed by atoms with Crippen LogP contribution in [0.15, 0.2) is 138 Å². The van der Waals surface area contributed by atoms with Gasteiger partial charge in [0, 0.05) is 15.3 Å². The molecular weight excluding hydrogens is 478 g/mol. The highest BCUT2D eigenvalue weighted by atomic mass is 32.1. The summed E-state index contributed by atoms with van der Waals surface area (Å²) >= 11 is 1.84. The number of benzene rings is 5. The van der Waals surface area contributed by atoms with Gasteiger partial charge in [-0.1, -0.05) is 115 Å². The molecule has 1 aliphatic heterocycles. The van der Waals surface area contributed by atoms with Gasteiger partial charge in [0.25, 0.3) is 0 Å². The third-order valence-electron chi connectivity index (χ3n) is 7.79. The minimum atomic E-state index is 0.199. The predicted molar refractivity (Wildman–Crippen MR) is 161 cm³/mol. The van der Waals surface area contributed by atoms with Crippen molar-refractivity contribution in [2.24, 2.45) is 4.99 Å². The smallest absolute Gasteiger partial charge is 0.0682 e. The molecule has 0 saturated carbocycles. The summed E-state index contributed by atoms with van der Waals surface area (Å²) in [4.78, 5) is 7.80. The molecule has 5 aromatic carbocycles. The number of nitrogens with zero attached hydrogens (tertiary/aromatic N) is 1. The third kappa shape index (κ3) is 3.34. The zero-order valence-corrected chi connectivity index (χ0v) is 21.5. The van der Waals surface area contributed by atoms with E-state index in [1.165, 1.54) is 65.5 Å². The monoisotopic (exact) mass is 501 g/mol. The zero-order chi connectivity index (χ0) is 25.1. The minimum Gasteiger partial charge on any atom is -0.251 e. The molecule has 0 fully saturated rings. The van der Waals surface area contributed by atoms with Crippen LogP contribution in [0.5, 0.6) is 0 Å². The summed E-state index contributed by atoms with van der Waals surface area (Å²) in [6.07, 6.45) is 0.